The van der Waals surface area contributed by atoms with Crippen molar-refractivity contribution in [2.24, 2.45) is 0 Å². The van der Waals surface area contributed by atoms with Gasteiger partial charge >= 0.3 is 0 Å². The molecular formula is C23H25FN2O3. The predicted octanol–water partition coefficient (Wildman–Crippen LogP) is 3.50. The van der Waals surface area contributed by atoms with Crippen molar-refractivity contribution in [1.29, 1.82) is 0 Å². The first-order valence-corrected chi connectivity index (χ1v) is 10.0. The number of likely N-dealkylation sites (tertiary alicyclic amines) is 1. The highest BCUT2D eigenvalue weighted by Gasteiger charge is 2.44. The summed E-state index contributed by atoms with van der Waals surface area (Å²) in [7, 11) is 1.65. The number of benzene rings is 2. The van der Waals surface area contributed by atoms with Crippen LogP contribution in [0.3, 0.4) is 0 Å². The lowest BCUT2D eigenvalue weighted by atomic mass is 9.76. The maximum absolute atomic E-state index is 14.0. The average Bonchev–Trinajstić information content (AvgIpc) is 2.74. The third-order valence-electron chi connectivity index (χ3n) is 6.08. The number of hydrogen-bond donors (Lipinski definition) is 1. The summed E-state index contributed by atoms with van der Waals surface area (Å²) >= 11 is 0. The molecule has 2 aliphatic heterocycles. The van der Waals surface area contributed by atoms with Crippen molar-refractivity contribution in [3.63, 3.8) is 0 Å². The van der Waals surface area contributed by atoms with Crippen LogP contribution in [0.4, 0.5) is 4.39 Å². The Balaban J connectivity index is 1.51. The van der Waals surface area contributed by atoms with Gasteiger partial charge in [-0.2, -0.15) is 0 Å². The van der Waals surface area contributed by atoms with Crippen LogP contribution in [-0.4, -0.2) is 42.5 Å². The van der Waals surface area contributed by atoms with Crippen LogP contribution in [0, 0.1) is 5.82 Å². The van der Waals surface area contributed by atoms with Crippen molar-refractivity contribution in [1.82, 2.24) is 10.2 Å². The average molecular weight is 396 g/mol. The minimum absolute atomic E-state index is 0.00835. The number of ether oxygens (including phenoxy) is 1. The van der Waals surface area contributed by atoms with Crippen LogP contribution in [0.2, 0.25) is 0 Å². The lowest BCUT2D eigenvalue weighted by Crippen LogP contribution is -2.52. The summed E-state index contributed by atoms with van der Waals surface area (Å²) < 4.78 is 20.4. The Hall–Kier alpha value is -2.89. The molecule has 1 saturated heterocycles. The quantitative estimate of drug-likeness (QED) is 0.864. The second kappa shape index (κ2) is 7.85. The van der Waals surface area contributed by atoms with E-state index >= 15 is 0 Å². The van der Waals surface area contributed by atoms with E-state index in [9.17, 15) is 14.0 Å². The summed E-state index contributed by atoms with van der Waals surface area (Å²) in [4.78, 5) is 26.5. The monoisotopic (exact) mass is 396 g/mol. The number of rotatable bonds is 3. The Morgan fingerprint density at radius 2 is 1.83 bits per heavy atom. The van der Waals surface area contributed by atoms with Crippen LogP contribution >= 0.6 is 0 Å². The van der Waals surface area contributed by atoms with E-state index in [1.165, 1.54) is 12.1 Å². The first kappa shape index (κ1) is 19.4. The van der Waals surface area contributed by atoms with Crippen LogP contribution in [0.25, 0.3) is 0 Å². The van der Waals surface area contributed by atoms with E-state index in [-0.39, 0.29) is 23.3 Å². The molecule has 0 aromatic heterocycles. The van der Waals surface area contributed by atoms with Crippen molar-refractivity contribution in [3.05, 3.63) is 65.5 Å². The van der Waals surface area contributed by atoms with Crippen LogP contribution in [0.5, 0.6) is 5.75 Å². The number of para-hydroxylation sites is 1. The molecule has 1 N–H and O–H groups in total. The van der Waals surface area contributed by atoms with Crippen molar-refractivity contribution in [2.45, 2.75) is 37.2 Å². The summed E-state index contributed by atoms with van der Waals surface area (Å²) in [6.45, 7) is 1.00. The molecule has 2 aromatic rings. The summed E-state index contributed by atoms with van der Waals surface area (Å²) in [6.07, 6.45) is 2.47. The van der Waals surface area contributed by atoms with Crippen LogP contribution in [0.1, 0.15) is 47.5 Å². The van der Waals surface area contributed by atoms with E-state index < -0.39 is 11.4 Å². The first-order chi connectivity index (χ1) is 14.0. The molecule has 2 amide bonds. The Morgan fingerprint density at radius 1 is 1.14 bits per heavy atom. The molecule has 4 rings (SSSR count). The van der Waals surface area contributed by atoms with Gasteiger partial charge in [-0.3, -0.25) is 9.59 Å². The van der Waals surface area contributed by atoms with Gasteiger partial charge in [0, 0.05) is 45.3 Å². The Morgan fingerprint density at radius 3 is 2.55 bits per heavy atom. The zero-order chi connectivity index (χ0) is 20.4. The number of halogens is 1. The molecule has 5 nitrogen and oxygen atoms in total. The Kier molecular flexibility index (Phi) is 5.26. The third kappa shape index (κ3) is 3.84. The van der Waals surface area contributed by atoms with E-state index in [0.717, 1.165) is 17.7 Å². The van der Waals surface area contributed by atoms with Gasteiger partial charge in [-0.15, -0.1) is 0 Å². The molecule has 2 aliphatic rings. The number of fused-ring (bicyclic) bond motifs is 1. The smallest absolute Gasteiger partial charge is 0.256 e. The van der Waals surface area contributed by atoms with Gasteiger partial charge in [0.05, 0.1) is 5.56 Å². The second-order valence-corrected chi connectivity index (χ2v) is 7.87. The maximum Gasteiger partial charge on any atom is 0.256 e. The van der Waals surface area contributed by atoms with Gasteiger partial charge < -0.3 is 15.0 Å². The molecule has 0 aliphatic carbocycles. The van der Waals surface area contributed by atoms with Gasteiger partial charge in [-0.05, 0) is 30.2 Å². The van der Waals surface area contributed by atoms with Gasteiger partial charge in [0.15, 0.2) is 0 Å². The molecule has 2 aromatic carbocycles. The molecule has 0 radical (unpaired) electrons. The van der Waals surface area contributed by atoms with Crippen LogP contribution in [0.15, 0.2) is 48.5 Å². The Labute approximate surface area is 169 Å². The van der Waals surface area contributed by atoms with Crippen molar-refractivity contribution < 1.29 is 18.7 Å². The molecule has 0 saturated carbocycles. The number of carbonyl (C=O) groups excluding carboxylic acids is 2. The molecule has 152 valence electrons. The number of hydrogen-bond acceptors (Lipinski definition) is 3. The first-order valence-electron chi connectivity index (χ1n) is 10.0. The molecule has 1 spiro atoms. The normalized spacial score (nSPS) is 19.9. The molecule has 1 fully saturated rings. The van der Waals surface area contributed by atoms with Gasteiger partial charge in [-0.1, -0.05) is 30.3 Å². The van der Waals surface area contributed by atoms with Crippen molar-refractivity contribution >= 4 is 11.8 Å². The van der Waals surface area contributed by atoms with E-state index in [1.807, 2.05) is 24.3 Å². The molecule has 6 heteroatoms. The highest BCUT2D eigenvalue weighted by molar-refractivity contribution is 5.94. The van der Waals surface area contributed by atoms with E-state index in [1.54, 1.807) is 24.1 Å². The second-order valence-electron chi connectivity index (χ2n) is 7.87. The predicted molar refractivity (Wildman–Crippen MR) is 107 cm³/mol. The number of piperidine rings is 1. The maximum atomic E-state index is 14.0. The zero-order valence-electron chi connectivity index (χ0n) is 16.5. The van der Waals surface area contributed by atoms with Crippen molar-refractivity contribution in [3.8, 4) is 5.75 Å². The topological polar surface area (TPSA) is 58.6 Å². The molecule has 2 heterocycles. The highest BCUT2D eigenvalue weighted by atomic mass is 19.1. The summed E-state index contributed by atoms with van der Waals surface area (Å²) in [5, 5.41) is 2.71. The lowest BCUT2D eigenvalue weighted by molar-refractivity contribution is -0.121. The summed E-state index contributed by atoms with van der Waals surface area (Å²) in [6, 6.07) is 14.0. The number of carbonyl (C=O) groups is 2. The van der Waals surface area contributed by atoms with Gasteiger partial charge in [0.25, 0.3) is 5.91 Å². The van der Waals surface area contributed by atoms with E-state index in [0.29, 0.717) is 32.4 Å². The molecule has 29 heavy (non-hydrogen) atoms. The lowest BCUT2D eigenvalue weighted by Gasteiger charge is -2.47. The van der Waals surface area contributed by atoms with E-state index in [4.69, 9.17) is 4.74 Å². The Bertz CT molecular complexity index is 922. The molecule has 1 atom stereocenters. The summed E-state index contributed by atoms with van der Waals surface area (Å²) in [5.41, 5.74) is 0.765. The van der Waals surface area contributed by atoms with Crippen LogP contribution in [-0.2, 0) is 4.79 Å². The fourth-order valence-corrected chi connectivity index (χ4v) is 4.48. The molecule has 0 bridgehead atoms. The zero-order valence-corrected chi connectivity index (χ0v) is 16.5. The minimum atomic E-state index is -0.494. The highest BCUT2D eigenvalue weighted by Crippen LogP contribution is 2.46. The standard InChI is InChI=1S/C23H25FN2O3/c1-25-21(27)14-16-15-23(29-20-9-5-3-6-17(16)20)10-12-26(13-11-23)22(28)18-7-2-4-8-19(18)24/h2-9,16H,10-15H2,1H3,(H,25,27)/t16-/m1/s1. The fraction of sp³-hybridized carbons (Fsp3) is 0.391. The van der Waals surface area contributed by atoms with Crippen LogP contribution < -0.4 is 10.1 Å². The number of nitrogens with one attached hydrogen (secondary N) is 1. The van der Waals surface area contributed by atoms with E-state index in [2.05, 4.69) is 5.32 Å². The third-order valence-corrected chi connectivity index (χ3v) is 6.08. The largest absolute Gasteiger partial charge is 0.487 e. The van der Waals surface area contributed by atoms with Crippen molar-refractivity contribution in [2.75, 3.05) is 20.1 Å². The van der Waals surface area contributed by atoms with Gasteiger partial charge in [0.2, 0.25) is 5.91 Å². The van der Waals surface area contributed by atoms with Gasteiger partial charge in [0.1, 0.15) is 17.2 Å². The SMILES string of the molecule is CNC(=O)C[C@@H]1CC2(CCN(C(=O)c3ccccc3F)CC2)Oc2ccccc21. The number of nitrogens with zero attached hydrogens (tertiary/aromatic N) is 1. The number of amides is 2. The van der Waals surface area contributed by atoms with Gasteiger partial charge in [-0.25, -0.2) is 4.39 Å². The molecular weight excluding hydrogens is 371 g/mol. The minimum Gasteiger partial charge on any atom is -0.487 e. The molecule has 0 unspecified atom stereocenters. The fourth-order valence-electron chi connectivity index (χ4n) is 4.48. The summed E-state index contributed by atoms with van der Waals surface area (Å²) in [5.74, 6) is 0.131.